The van der Waals surface area contributed by atoms with Gasteiger partial charge in [-0.25, -0.2) is 9.18 Å². The normalized spacial score (nSPS) is 11.4. The van der Waals surface area contributed by atoms with Crippen molar-refractivity contribution >= 4 is 34.8 Å². The molecule has 0 fully saturated rings. The van der Waals surface area contributed by atoms with Gasteiger partial charge in [-0.05, 0) is 41.5 Å². The van der Waals surface area contributed by atoms with Crippen LogP contribution in [-0.2, 0) is 0 Å². The minimum Gasteiger partial charge on any atom is -0.507 e. The van der Waals surface area contributed by atoms with Crippen LogP contribution in [0.4, 0.5) is 14.9 Å². The Morgan fingerprint density at radius 3 is 2.39 bits per heavy atom. The summed E-state index contributed by atoms with van der Waals surface area (Å²) in [5, 5.41) is 15.4. The molecule has 3 aromatic carbocycles. The lowest BCUT2D eigenvalue weighted by atomic mass is 9.91. The molecular formula is C23H20FN3O3S. The van der Waals surface area contributed by atoms with E-state index >= 15 is 0 Å². The maximum Gasteiger partial charge on any atom is 0.317 e. The number of hydrogen-bond acceptors (Lipinski definition) is 4. The van der Waals surface area contributed by atoms with E-state index < -0.39 is 17.8 Å². The largest absolute Gasteiger partial charge is 0.507 e. The number of primary amides is 1. The molecule has 3 amide bonds. The van der Waals surface area contributed by atoms with Crippen LogP contribution in [0, 0.1) is 5.82 Å². The third kappa shape index (κ3) is 5.04. The molecule has 158 valence electrons. The summed E-state index contributed by atoms with van der Waals surface area (Å²) in [5.41, 5.74) is 7.33. The lowest BCUT2D eigenvalue weighted by Gasteiger charge is -2.19. The van der Waals surface area contributed by atoms with Gasteiger partial charge in [0.15, 0.2) is 0 Å². The molecule has 3 rings (SSSR count). The molecule has 0 saturated heterocycles. The molecule has 0 aliphatic heterocycles. The highest BCUT2D eigenvalue weighted by molar-refractivity contribution is 7.80. The van der Waals surface area contributed by atoms with Crippen molar-refractivity contribution in [3.05, 3.63) is 94.8 Å². The van der Waals surface area contributed by atoms with E-state index in [4.69, 9.17) is 18.0 Å². The maximum atomic E-state index is 14.0. The van der Waals surface area contributed by atoms with E-state index in [0.717, 1.165) is 11.1 Å². The van der Waals surface area contributed by atoms with Gasteiger partial charge in [-0.1, -0.05) is 55.5 Å². The van der Waals surface area contributed by atoms with Crippen LogP contribution < -0.4 is 16.4 Å². The van der Waals surface area contributed by atoms with Crippen LogP contribution in [-0.4, -0.2) is 22.0 Å². The predicted molar refractivity (Wildman–Crippen MR) is 121 cm³/mol. The first-order chi connectivity index (χ1) is 14.8. The Hall–Kier alpha value is -3.78. The molecule has 0 heterocycles. The second-order valence-electron chi connectivity index (χ2n) is 6.84. The van der Waals surface area contributed by atoms with Gasteiger partial charge in [0.25, 0.3) is 5.91 Å². The summed E-state index contributed by atoms with van der Waals surface area (Å²) >= 11 is 5.06. The highest BCUT2D eigenvalue weighted by Gasteiger charge is 2.18. The third-order valence-electron chi connectivity index (χ3n) is 4.80. The van der Waals surface area contributed by atoms with Crippen molar-refractivity contribution in [2.45, 2.75) is 12.8 Å². The van der Waals surface area contributed by atoms with Crippen LogP contribution in [0.3, 0.4) is 0 Å². The number of halogens is 1. The molecule has 0 radical (unpaired) electrons. The van der Waals surface area contributed by atoms with E-state index in [1.54, 1.807) is 30.3 Å². The molecule has 0 bridgehead atoms. The average Bonchev–Trinajstić information content (AvgIpc) is 2.73. The summed E-state index contributed by atoms with van der Waals surface area (Å²) in [7, 11) is 0. The Labute approximate surface area is 183 Å². The second-order valence-corrected chi connectivity index (χ2v) is 7.25. The number of rotatable bonds is 5. The summed E-state index contributed by atoms with van der Waals surface area (Å²) in [5.74, 6) is -1.50. The van der Waals surface area contributed by atoms with E-state index in [0.29, 0.717) is 5.69 Å². The zero-order chi connectivity index (χ0) is 22.5. The number of hydrogen-bond donors (Lipinski definition) is 4. The number of anilines is 1. The number of para-hydroxylation sites is 1. The van der Waals surface area contributed by atoms with Gasteiger partial charge >= 0.3 is 6.03 Å². The number of carbonyl (C=O) groups is 2. The molecule has 0 spiro atoms. The highest BCUT2D eigenvalue weighted by atomic mass is 32.1. The number of nitrogens with one attached hydrogen (secondary N) is 2. The fraction of sp³-hybridized carbons (Fsp3) is 0.0870. The number of amides is 3. The van der Waals surface area contributed by atoms with Crippen molar-refractivity contribution < 1.29 is 19.1 Å². The highest BCUT2D eigenvalue weighted by Crippen LogP contribution is 2.33. The Morgan fingerprint density at radius 1 is 1.03 bits per heavy atom. The quantitative estimate of drug-likeness (QED) is 0.447. The smallest absolute Gasteiger partial charge is 0.317 e. The first kappa shape index (κ1) is 21.9. The van der Waals surface area contributed by atoms with Crippen molar-refractivity contribution in [2.24, 2.45) is 5.73 Å². The summed E-state index contributed by atoms with van der Waals surface area (Å²) in [6.45, 7) is 1.91. The fourth-order valence-corrected chi connectivity index (χ4v) is 3.47. The van der Waals surface area contributed by atoms with E-state index in [-0.39, 0.29) is 27.8 Å². The number of nitrogens with two attached hydrogens (primary N) is 1. The Balaban J connectivity index is 1.88. The number of urea groups is 1. The van der Waals surface area contributed by atoms with Gasteiger partial charge in [-0.2, -0.15) is 0 Å². The van der Waals surface area contributed by atoms with Gasteiger partial charge in [0.05, 0.1) is 11.1 Å². The van der Waals surface area contributed by atoms with E-state index in [1.807, 2.05) is 19.1 Å². The number of carbonyl (C=O) groups excluding carboxylic acids is 2. The van der Waals surface area contributed by atoms with Crippen molar-refractivity contribution in [1.29, 1.82) is 0 Å². The molecule has 0 aromatic heterocycles. The average molecular weight is 437 g/mol. The molecule has 1 atom stereocenters. The molecule has 0 aliphatic carbocycles. The SMILES string of the molecule is C[C@H](c1ccc(C(=S)NC(N)=O)c(O)c1)c1ccccc1NC(=O)c1ccccc1F. The number of aromatic hydroxyl groups is 1. The Bertz CT molecular complexity index is 1170. The van der Waals surface area contributed by atoms with Crippen molar-refractivity contribution in [1.82, 2.24) is 5.32 Å². The standard InChI is InChI=1S/C23H20FN3O3S/c1-13(14-10-11-17(20(28)12-14)22(31)27-23(25)30)15-6-3-5-9-19(15)26-21(29)16-7-2-4-8-18(16)24/h2-13,28H,1H3,(H,26,29)(H3,25,27,30,31)/t13-/m1/s1. The van der Waals surface area contributed by atoms with E-state index in [1.165, 1.54) is 24.3 Å². The minimum atomic E-state index is -0.818. The third-order valence-corrected chi connectivity index (χ3v) is 5.12. The van der Waals surface area contributed by atoms with Crippen molar-refractivity contribution in [3.63, 3.8) is 0 Å². The molecule has 8 heteroatoms. The molecule has 5 N–H and O–H groups in total. The Morgan fingerprint density at radius 2 is 1.71 bits per heavy atom. The number of phenols is 1. The maximum absolute atomic E-state index is 14.0. The molecule has 31 heavy (non-hydrogen) atoms. The van der Waals surface area contributed by atoms with Crippen molar-refractivity contribution in [3.8, 4) is 5.75 Å². The van der Waals surface area contributed by atoms with Crippen LogP contribution in [0.2, 0.25) is 0 Å². The molecule has 0 saturated carbocycles. The van der Waals surface area contributed by atoms with Gasteiger partial charge < -0.3 is 16.2 Å². The van der Waals surface area contributed by atoms with Gasteiger partial charge in [-0.3, -0.25) is 10.1 Å². The predicted octanol–water partition coefficient (Wildman–Crippen LogP) is 4.28. The van der Waals surface area contributed by atoms with Gasteiger partial charge in [0.1, 0.15) is 16.6 Å². The molecule has 0 unspecified atom stereocenters. The first-order valence-electron chi connectivity index (χ1n) is 9.36. The summed E-state index contributed by atoms with van der Waals surface area (Å²) < 4.78 is 14.0. The fourth-order valence-electron chi connectivity index (χ4n) is 3.19. The van der Waals surface area contributed by atoms with Crippen molar-refractivity contribution in [2.75, 3.05) is 5.32 Å². The van der Waals surface area contributed by atoms with Gasteiger partial charge in [0, 0.05) is 11.6 Å². The molecule has 6 nitrogen and oxygen atoms in total. The molecular weight excluding hydrogens is 417 g/mol. The van der Waals surface area contributed by atoms with Crippen LogP contribution >= 0.6 is 12.2 Å². The number of phenolic OH excluding ortho intramolecular Hbond substituents is 1. The molecule has 0 aliphatic rings. The lowest BCUT2D eigenvalue weighted by Crippen LogP contribution is -2.34. The minimum absolute atomic E-state index is 0.0155. The van der Waals surface area contributed by atoms with Crippen LogP contribution in [0.25, 0.3) is 0 Å². The first-order valence-corrected chi connectivity index (χ1v) is 9.77. The zero-order valence-corrected chi connectivity index (χ0v) is 17.4. The van der Waals surface area contributed by atoms with Crippen LogP contribution in [0.5, 0.6) is 5.75 Å². The number of thiocarbonyl (C=S) groups is 1. The summed E-state index contributed by atoms with van der Waals surface area (Å²) in [6.07, 6.45) is 0. The second kappa shape index (κ2) is 9.36. The summed E-state index contributed by atoms with van der Waals surface area (Å²) in [4.78, 5) is 23.6. The van der Waals surface area contributed by atoms with Gasteiger partial charge in [0.2, 0.25) is 0 Å². The van der Waals surface area contributed by atoms with Crippen LogP contribution in [0.1, 0.15) is 39.9 Å². The van der Waals surface area contributed by atoms with E-state index in [2.05, 4.69) is 10.6 Å². The lowest BCUT2D eigenvalue weighted by molar-refractivity contribution is 0.102. The molecule has 3 aromatic rings. The monoisotopic (exact) mass is 437 g/mol. The zero-order valence-electron chi connectivity index (χ0n) is 16.6. The van der Waals surface area contributed by atoms with Crippen LogP contribution in [0.15, 0.2) is 66.7 Å². The van der Waals surface area contributed by atoms with E-state index in [9.17, 15) is 19.1 Å². The number of benzene rings is 3. The summed E-state index contributed by atoms with van der Waals surface area (Å²) in [6, 6.07) is 17.0. The topological polar surface area (TPSA) is 104 Å². The Kier molecular flexibility index (Phi) is 6.61. The van der Waals surface area contributed by atoms with Gasteiger partial charge in [-0.15, -0.1) is 0 Å².